The number of hydrogen-bond acceptors (Lipinski definition) is 2. The van der Waals surface area contributed by atoms with Crippen molar-refractivity contribution in [3.05, 3.63) is 0 Å². The minimum absolute atomic E-state index is 0.0515. The van der Waals surface area contributed by atoms with Gasteiger partial charge in [0.15, 0.2) is 0 Å². The molecule has 0 radical (unpaired) electrons. The van der Waals surface area contributed by atoms with Crippen LogP contribution < -0.4 is 0 Å². The van der Waals surface area contributed by atoms with Gasteiger partial charge < -0.3 is 0 Å². The SMILES string of the molecule is CC(C)(C#N)CCSC(F)(F)F. The van der Waals surface area contributed by atoms with Gasteiger partial charge in [-0.05, 0) is 20.3 Å². The van der Waals surface area contributed by atoms with Crippen LogP contribution in [0.15, 0.2) is 0 Å². The van der Waals surface area contributed by atoms with Crippen molar-refractivity contribution in [3.8, 4) is 6.07 Å². The average Bonchev–Trinajstić information content (AvgIpc) is 1.84. The highest BCUT2D eigenvalue weighted by atomic mass is 32.2. The molecule has 0 aliphatic carbocycles. The first-order valence-corrected chi connectivity index (χ1v) is 4.37. The van der Waals surface area contributed by atoms with E-state index >= 15 is 0 Å². The monoisotopic (exact) mass is 197 g/mol. The van der Waals surface area contributed by atoms with Gasteiger partial charge in [0, 0.05) is 5.75 Å². The Kier molecular flexibility index (Phi) is 3.91. The summed E-state index contributed by atoms with van der Waals surface area (Å²) in [5.74, 6) is -0.0515. The van der Waals surface area contributed by atoms with Crippen molar-refractivity contribution >= 4 is 11.8 Å². The molecule has 0 aromatic heterocycles. The molecule has 0 aromatic carbocycles. The standard InChI is InChI=1S/C7H10F3NS/c1-6(2,5-11)3-4-12-7(8,9)10/h3-4H2,1-2H3. The summed E-state index contributed by atoms with van der Waals surface area (Å²) < 4.78 is 34.8. The van der Waals surface area contributed by atoms with Crippen molar-refractivity contribution < 1.29 is 13.2 Å². The van der Waals surface area contributed by atoms with Gasteiger partial charge in [-0.3, -0.25) is 0 Å². The zero-order valence-corrected chi connectivity index (χ0v) is 7.72. The van der Waals surface area contributed by atoms with Crippen LogP contribution in [-0.4, -0.2) is 11.3 Å². The minimum atomic E-state index is -4.18. The van der Waals surface area contributed by atoms with Gasteiger partial charge >= 0.3 is 5.51 Å². The average molecular weight is 197 g/mol. The fraction of sp³-hybridized carbons (Fsp3) is 0.857. The molecule has 0 atom stereocenters. The van der Waals surface area contributed by atoms with Crippen LogP contribution >= 0.6 is 11.8 Å². The van der Waals surface area contributed by atoms with E-state index in [1.165, 1.54) is 0 Å². The Morgan fingerprint density at radius 1 is 1.33 bits per heavy atom. The summed E-state index contributed by atoms with van der Waals surface area (Å²) in [5, 5.41) is 8.48. The van der Waals surface area contributed by atoms with Crippen LogP contribution in [0, 0.1) is 16.7 Å². The van der Waals surface area contributed by atoms with Gasteiger partial charge in [-0.15, -0.1) is 0 Å². The first-order valence-electron chi connectivity index (χ1n) is 3.39. The maximum Gasteiger partial charge on any atom is 0.441 e. The second-order valence-electron chi connectivity index (χ2n) is 3.04. The number of nitriles is 1. The van der Waals surface area contributed by atoms with Crippen LogP contribution in [0.1, 0.15) is 20.3 Å². The van der Waals surface area contributed by atoms with Crippen molar-refractivity contribution in [1.29, 1.82) is 5.26 Å². The van der Waals surface area contributed by atoms with Crippen LogP contribution in [0.2, 0.25) is 0 Å². The molecule has 0 heterocycles. The Balaban J connectivity index is 3.66. The van der Waals surface area contributed by atoms with E-state index in [1.807, 2.05) is 6.07 Å². The van der Waals surface area contributed by atoms with E-state index in [2.05, 4.69) is 0 Å². The highest BCUT2D eigenvalue weighted by Crippen LogP contribution is 2.33. The number of nitrogens with zero attached hydrogens (tertiary/aromatic N) is 1. The quantitative estimate of drug-likeness (QED) is 0.693. The van der Waals surface area contributed by atoms with E-state index < -0.39 is 10.9 Å². The number of halogens is 3. The Hall–Kier alpha value is -0.370. The molecule has 1 nitrogen and oxygen atoms in total. The summed E-state index contributed by atoms with van der Waals surface area (Å²) >= 11 is -0.0753. The summed E-state index contributed by atoms with van der Waals surface area (Å²) in [6, 6.07) is 1.95. The molecule has 0 spiro atoms. The molecule has 70 valence electrons. The second kappa shape index (κ2) is 4.04. The highest BCUT2D eigenvalue weighted by Gasteiger charge is 2.29. The largest absolute Gasteiger partial charge is 0.441 e. The van der Waals surface area contributed by atoms with Crippen LogP contribution in [0.5, 0.6) is 0 Å². The molecule has 0 rings (SSSR count). The first kappa shape index (κ1) is 11.6. The van der Waals surface area contributed by atoms with Crippen LogP contribution in [0.4, 0.5) is 13.2 Å². The molecule has 0 amide bonds. The molecule has 0 saturated carbocycles. The number of rotatable bonds is 3. The summed E-state index contributed by atoms with van der Waals surface area (Å²) in [7, 11) is 0. The lowest BCUT2D eigenvalue weighted by atomic mass is 9.93. The molecule has 0 saturated heterocycles. The zero-order valence-electron chi connectivity index (χ0n) is 6.90. The molecular formula is C7H10F3NS. The number of thioether (sulfide) groups is 1. The predicted octanol–water partition coefficient (Wildman–Crippen LogP) is 3.18. The molecular weight excluding hydrogens is 187 g/mol. The van der Waals surface area contributed by atoms with E-state index in [1.54, 1.807) is 13.8 Å². The summed E-state index contributed by atoms with van der Waals surface area (Å²) in [4.78, 5) is 0. The highest BCUT2D eigenvalue weighted by molar-refractivity contribution is 8.00. The predicted molar refractivity (Wildman–Crippen MR) is 42.5 cm³/mol. The number of hydrogen-bond donors (Lipinski definition) is 0. The summed E-state index contributed by atoms with van der Waals surface area (Å²) in [6.45, 7) is 3.26. The Morgan fingerprint density at radius 2 is 1.83 bits per heavy atom. The van der Waals surface area contributed by atoms with Gasteiger partial charge in [-0.1, -0.05) is 11.8 Å². The molecule has 12 heavy (non-hydrogen) atoms. The molecule has 5 heteroatoms. The molecule has 0 unspecified atom stereocenters. The smallest absolute Gasteiger partial charge is 0.198 e. The molecule has 0 aliphatic rings. The van der Waals surface area contributed by atoms with Crippen LogP contribution in [-0.2, 0) is 0 Å². The van der Waals surface area contributed by atoms with Gasteiger partial charge in [0.25, 0.3) is 0 Å². The van der Waals surface area contributed by atoms with Crippen molar-refractivity contribution in [2.24, 2.45) is 5.41 Å². The maximum absolute atomic E-state index is 11.6. The topological polar surface area (TPSA) is 23.8 Å². The van der Waals surface area contributed by atoms with Gasteiger partial charge in [-0.2, -0.15) is 18.4 Å². The van der Waals surface area contributed by atoms with Crippen molar-refractivity contribution in [1.82, 2.24) is 0 Å². The van der Waals surface area contributed by atoms with Crippen LogP contribution in [0.3, 0.4) is 0 Å². The molecule has 0 aliphatic heterocycles. The summed E-state index contributed by atoms with van der Waals surface area (Å²) in [6.07, 6.45) is 0.258. The van der Waals surface area contributed by atoms with Crippen molar-refractivity contribution in [2.75, 3.05) is 5.75 Å². The third kappa shape index (κ3) is 6.35. The van der Waals surface area contributed by atoms with E-state index in [4.69, 9.17) is 5.26 Å². The lowest BCUT2D eigenvalue weighted by Crippen LogP contribution is -2.11. The lowest BCUT2D eigenvalue weighted by Gasteiger charge is -2.14. The summed E-state index contributed by atoms with van der Waals surface area (Å²) in [5.41, 5.74) is -4.83. The van der Waals surface area contributed by atoms with Gasteiger partial charge in [0.05, 0.1) is 11.5 Å². The second-order valence-corrected chi connectivity index (χ2v) is 4.20. The third-order valence-electron chi connectivity index (χ3n) is 1.30. The van der Waals surface area contributed by atoms with Crippen molar-refractivity contribution in [3.63, 3.8) is 0 Å². The maximum atomic E-state index is 11.6. The van der Waals surface area contributed by atoms with Crippen molar-refractivity contribution in [2.45, 2.75) is 25.8 Å². The first-order chi connectivity index (χ1) is 5.27. The molecule has 0 fully saturated rings. The number of alkyl halides is 3. The van der Waals surface area contributed by atoms with E-state index in [-0.39, 0.29) is 23.9 Å². The fourth-order valence-corrected chi connectivity index (χ4v) is 1.32. The Labute approximate surface area is 73.9 Å². The van der Waals surface area contributed by atoms with Crippen LogP contribution in [0.25, 0.3) is 0 Å². The fourth-order valence-electron chi connectivity index (χ4n) is 0.478. The van der Waals surface area contributed by atoms with E-state index in [0.29, 0.717) is 0 Å². The Morgan fingerprint density at radius 3 is 2.17 bits per heavy atom. The normalized spacial score (nSPS) is 12.7. The van der Waals surface area contributed by atoms with Gasteiger partial charge in [-0.25, -0.2) is 0 Å². The zero-order chi connectivity index (χ0) is 9.83. The minimum Gasteiger partial charge on any atom is -0.198 e. The molecule has 0 aromatic rings. The van der Waals surface area contributed by atoms with Gasteiger partial charge in [0.2, 0.25) is 0 Å². The molecule has 0 bridgehead atoms. The van der Waals surface area contributed by atoms with E-state index in [9.17, 15) is 13.2 Å². The van der Waals surface area contributed by atoms with Gasteiger partial charge in [0.1, 0.15) is 0 Å². The van der Waals surface area contributed by atoms with E-state index in [0.717, 1.165) is 0 Å². The molecule has 0 N–H and O–H groups in total. The lowest BCUT2D eigenvalue weighted by molar-refractivity contribution is -0.0328. The third-order valence-corrected chi connectivity index (χ3v) is 2.03. The Bertz CT molecular complexity index is 180.